The summed E-state index contributed by atoms with van der Waals surface area (Å²) in [5.74, 6) is 1.62. The molecule has 0 saturated carbocycles. The molecule has 220 valence electrons. The summed E-state index contributed by atoms with van der Waals surface area (Å²) in [6, 6.07) is 54.4. The SMILES string of the molecule is COc1cc(OC)cc(-c2ccc[cH-]2)c1.[Cl-].[Cl-].[Zr+2]=[C](c1ccccc1)c1ccccc1.c1ccc2c(c1)[cH-]c1ccccc12. The third-order valence-corrected chi connectivity index (χ3v) is 8.41. The summed E-state index contributed by atoms with van der Waals surface area (Å²) in [4.78, 5) is 0. The quantitative estimate of drug-likeness (QED) is 0.257. The number of hydrogen-bond acceptors (Lipinski definition) is 2. The van der Waals surface area contributed by atoms with Crippen molar-refractivity contribution in [3.63, 3.8) is 0 Å². The maximum absolute atomic E-state index is 5.22. The Balaban J connectivity index is 0.000000177. The first kappa shape index (κ1) is 34.7. The Hall–Kier alpha value is -3.75. The van der Waals surface area contributed by atoms with Crippen LogP contribution < -0.4 is 34.3 Å². The van der Waals surface area contributed by atoms with Crippen molar-refractivity contribution in [2.45, 2.75) is 0 Å². The average molecular weight is 695 g/mol. The van der Waals surface area contributed by atoms with Crippen LogP contribution in [0.1, 0.15) is 11.1 Å². The van der Waals surface area contributed by atoms with E-state index in [9.17, 15) is 0 Å². The van der Waals surface area contributed by atoms with Gasteiger partial charge < -0.3 is 34.3 Å². The number of hydrogen-bond donors (Lipinski definition) is 0. The van der Waals surface area contributed by atoms with Crippen LogP contribution >= 0.6 is 0 Å². The van der Waals surface area contributed by atoms with Gasteiger partial charge in [0.2, 0.25) is 0 Å². The zero-order valence-electron chi connectivity index (χ0n) is 24.6. The average Bonchev–Trinajstić information content (AvgIpc) is 3.74. The van der Waals surface area contributed by atoms with Gasteiger partial charge in [0.15, 0.2) is 0 Å². The minimum absolute atomic E-state index is 0. The largest absolute Gasteiger partial charge is 0.126 e. The van der Waals surface area contributed by atoms with Crippen molar-refractivity contribution in [3.05, 3.63) is 169 Å². The van der Waals surface area contributed by atoms with Gasteiger partial charge in [-0.1, -0.05) is 54.1 Å². The van der Waals surface area contributed by atoms with Gasteiger partial charge in [0.25, 0.3) is 0 Å². The minimum Gasteiger partial charge on any atom is -0.126 e. The molecule has 0 bridgehead atoms. The molecule has 0 fully saturated rings. The van der Waals surface area contributed by atoms with E-state index in [1.165, 1.54) is 65.7 Å². The van der Waals surface area contributed by atoms with E-state index >= 15 is 0 Å². The van der Waals surface area contributed by atoms with Crippen molar-refractivity contribution < 1.29 is 58.5 Å². The van der Waals surface area contributed by atoms with E-state index < -0.39 is 0 Å². The summed E-state index contributed by atoms with van der Waals surface area (Å²) in [5, 5.41) is 5.39. The summed E-state index contributed by atoms with van der Waals surface area (Å²) >= 11 is 1.46. The molecule has 0 amide bonds. The maximum atomic E-state index is 5.22. The van der Waals surface area contributed by atoms with E-state index in [2.05, 4.69) is 127 Å². The molecular formula is C39H32Cl2O2Zr-2. The molecule has 0 unspecified atom stereocenters. The van der Waals surface area contributed by atoms with Crippen molar-refractivity contribution in [2.75, 3.05) is 14.2 Å². The number of halogens is 2. The molecule has 0 aliphatic rings. The molecule has 0 spiro atoms. The first-order valence-corrected chi connectivity index (χ1v) is 15.1. The molecule has 0 saturated heterocycles. The summed E-state index contributed by atoms with van der Waals surface area (Å²) in [6.45, 7) is 0. The number of methoxy groups -OCH3 is 2. The fourth-order valence-electron chi connectivity index (χ4n) is 4.82. The van der Waals surface area contributed by atoms with Crippen LogP contribution in [0.15, 0.2) is 158 Å². The molecule has 0 N–H and O–H groups in total. The maximum Gasteiger partial charge on any atom is -0.0771 e. The van der Waals surface area contributed by atoms with Crippen LogP contribution in [0.25, 0.3) is 32.7 Å². The number of fused-ring (bicyclic) bond motifs is 3. The van der Waals surface area contributed by atoms with Gasteiger partial charge in [-0.3, -0.25) is 0 Å². The second-order valence-corrected chi connectivity index (χ2v) is 10.9. The van der Waals surface area contributed by atoms with Gasteiger partial charge in [-0.15, -0.1) is 51.4 Å². The molecule has 0 aliphatic carbocycles. The topological polar surface area (TPSA) is 18.5 Å². The number of ether oxygens (including phenoxy) is 2. The number of rotatable bonds is 5. The van der Waals surface area contributed by atoms with Crippen LogP contribution in [0.2, 0.25) is 0 Å². The van der Waals surface area contributed by atoms with Gasteiger partial charge in [0.05, 0.1) is 14.2 Å². The molecule has 0 aliphatic heterocycles. The predicted molar refractivity (Wildman–Crippen MR) is 174 cm³/mol. The van der Waals surface area contributed by atoms with E-state index in [0.29, 0.717) is 0 Å². The molecule has 5 heteroatoms. The van der Waals surface area contributed by atoms with Gasteiger partial charge in [-0.25, -0.2) is 0 Å². The monoisotopic (exact) mass is 692 g/mol. The normalized spacial score (nSPS) is 9.82. The fourth-order valence-corrected chi connectivity index (χ4v) is 5.64. The Bertz CT molecular complexity index is 1750. The molecular weight excluding hydrogens is 663 g/mol. The van der Waals surface area contributed by atoms with Crippen LogP contribution in [0.3, 0.4) is 0 Å². The molecule has 7 aromatic rings. The third-order valence-electron chi connectivity index (χ3n) is 7.00. The van der Waals surface area contributed by atoms with Crippen LogP contribution in [-0.2, 0) is 24.2 Å². The van der Waals surface area contributed by atoms with Gasteiger partial charge in [0, 0.05) is 6.07 Å². The molecule has 0 radical (unpaired) electrons. The van der Waals surface area contributed by atoms with E-state index in [1.54, 1.807) is 14.2 Å². The van der Waals surface area contributed by atoms with Gasteiger partial charge in [-0.05, 0) is 0 Å². The van der Waals surface area contributed by atoms with Crippen molar-refractivity contribution in [1.29, 1.82) is 0 Å². The summed E-state index contributed by atoms with van der Waals surface area (Å²) in [5.41, 5.74) is 4.94. The third kappa shape index (κ3) is 8.90. The molecule has 0 aromatic heterocycles. The van der Waals surface area contributed by atoms with Crippen molar-refractivity contribution >= 4 is 24.8 Å². The first-order chi connectivity index (χ1) is 20.7. The van der Waals surface area contributed by atoms with Gasteiger partial charge in [-0.2, -0.15) is 18.2 Å². The Morgan fingerprint density at radius 2 is 1.00 bits per heavy atom. The second-order valence-electron chi connectivity index (χ2n) is 9.70. The summed E-state index contributed by atoms with van der Waals surface area (Å²) in [6.07, 6.45) is 0. The van der Waals surface area contributed by atoms with Crippen molar-refractivity contribution in [2.24, 2.45) is 0 Å². The number of benzene rings is 5. The van der Waals surface area contributed by atoms with Crippen LogP contribution in [0.5, 0.6) is 11.5 Å². The Morgan fingerprint density at radius 1 is 0.545 bits per heavy atom. The zero-order valence-corrected chi connectivity index (χ0v) is 28.6. The zero-order chi connectivity index (χ0) is 29.1. The Kier molecular flexibility index (Phi) is 13.8. The molecule has 0 atom stereocenters. The first-order valence-electron chi connectivity index (χ1n) is 13.8. The predicted octanol–water partition coefficient (Wildman–Crippen LogP) is 3.61. The summed E-state index contributed by atoms with van der Waals surface area (Å²) in [7, 11) is 3.31. The second kappa shape index (κ2) is 17.5. The van der Waals surface area contributed by atoms with E-state index in [0.717, 1.165) is 17.1 Å². The van der Waals surface area contributed by atoms with Gasteiger partial charge in [0.1, 0.15) is 11.5 Å². The fraction of sp³-hybridized carbons (Fsp3) is 0.0513. The Morgan fingerprint density at radius 3 is 1.43 bits per heavy atom. The summed E-state index contributed by atoms with van der Waals surface area (Å²) < 4.78 is 11.8. The van der Waals surface area contributed by atoms with E-state index in [4.69, 9.17) is 9.47 Å². The van der Waals surface area contributed by atoms with Crippen LogP contribution in [0.4, 0.5) is 0 Å². The van der Waals surface area contributed by atoms with E-state index in [1.807, 2.05) is 30.3 Å². The van der Waals surface area contributed by atoms with Crippen molar-refractivity contribution in [3.8, 4) is 22.6 Å². The standard InChI is InChI=1S/C13H13O2.C13H9.C13H10.2ClH.Zr/c1-14-12-7-11(8-13(9-12)15-2)10-5-3-4-6-10;1-3-7-12-10(5-1)9-11-6-2-4-8-13(11)12;1-3-7-12(8-4-1)11-13-9-5-2-6-10-13;;;/h3-9H,1-2H3;1-9H;1-10H;2*1H;/q2*-1;;;;+2/p-2. The van der Waals surface area contributed by atoms with E-state index in [-0.39, 0.29) is 24.8 Å². The van der Waals surface area contributed by atoms with Gasteiger partial charge >= 0.3 is 99.2 Å². The smallest absolute Gasteiger partial charge is 0.0771 e. The molecule has 7 aromatic carbocycles. The van der Waals surface area contributed by atoms with Crippen LogP contribution in [-0.4, -0.2) is 17.4 Å². The Labute approximate surface area is 287 Å². The molecule has 44 heavy (non-hydrogen) atoms. The minimum atomic E-state index is 0. The molecule has 7 rings (SSSR count). The van der Waals surface area contributed by atoms with Crippen LogP contribution in [0, 0.1) is 0 Å². The molecule has 2 nitrogen and oxygen atoms in total. The van der Waals surface area contributed by atoms with Crippen molar-refractivity contribution in [1.82, 2.24) is 0 Å². The molecule has 0 heterocycles.